The number of imide groups is 1. The van der Waals surface area contributed by atoms with E-state index in [9.17, 15) is 24.3 Å². The fraction of sp³-hybridized carbons (Fsp3) is 0.400. The molecule has 0 radical (unpaired) electrons. The maximum absolute atomic E-state index is 12.5. The Morgan fingerprint density at radius 1 is 1.07 bits per heavy atom. The quantitative estimate of drug-likeness (QED) is 0.552. The normalized spacial score (nSPS) is 18.1. The minimum absolute atomic E-state index is 0.0359. The molecule has 0 aliphatic carbocycles. The fourth-order valence-corrected chi connectivity index (χ4v) is 3.63. The average Bonchev–Trinajstić information content (AvgIpc) is 2.94. The van der Waals surface area contributed by atoms with Crippen molar-refractivity contribution in [1.29, 1.82) is 0 Å². The molecule has 1 atom stereocenters. The van der Waals surface area contributed by atoms with Gasteiger partial charge in [-0.3, -0.25) is 24.2 Å². The van der Waals surface area contributed by atoms with Crippen molar-refractivity contribution in [1.82, 2.24) is 14.7 Å². The van der Waals surface area contributed by atoms with E-state index in [1.54, 1.807) is 17.0 Å². The molecule has 3 rings (SSSR count). The van der Waals surface area contributed by atoms with Gasteiger partial charge in [-0.2, -0.15) is 0 Å². The minimum atomic E-state index is -1.36. The van der Waals surface area contributed by atoms with Crippen LogP contribution >= 0.6 is 0 Å². The smallest absolute Gasteiger partial charge is 0.326 e. The topological polar surface area (TPSA) is 98.2 Å². The average molecular weight is 385 g/mol. The summed E-state index contributed by atoms with van der Waals surface area (Å²) < 4.78 is 0. The molecule has 2 heterocycles. The lowest BCUT2D eigenvalue weighted by Gasteiger charge is -2.34. The Labute approximate surface area is 163 Å². The summed E-state index contributed by atoms with van der Waals surface area (Å²) in [6.07, 6.45) is 1.68. The second-order valence-corrected chi connectivity index (χ2v) is 6.89. The number of amides is 3. The maximum Gasteiger partial charge on any atom is 0.326 e. The number of piperazine rings is 1. The van der Waals surface area contributed by atoms with Crippen LogP contribution in [0.3, 0.4) is 0 Å². The molecule has 0 aromatic heterocycles. The summed E-state index contributed by atoms with van der Waals surface area (Å²) in [5.41, 5.74) is 0.395. The predicted octanol–water partition coefficient (Wildman–Crippen LogP) is 0.846. The Hall–Kier alpha value is -3.00. The van der Waals surface area contributed by atoms with Crippen molar-refractivity contribution < 1.29 is 24.3 Å². The Bertz CT molecular complexity index is 779. The van der Waals surface area contributed by atoms with Crippen LogP contribution < -0.4 is 0 Å². The highest BCUT2D eigenvalue weighted by atomic mass is 16.4. The van der Waals surface area contributed by atoms with E-state index in [0.29, 0.717) is 13.1 Å². The maximum atomic E-state index is 12.5. The van der Waals surface area contributed by atoms with Gasteiger partial charge in [0.2, 0.25) is 5.91 Å². The van der Waals surface area contributed by atoms with Gasteiger partial charge in [0.15, 0.2) is 0 Å². The van der Waals surface area contributed by atoms with E-state index in [1.807, 2.05) is 6.08 Å². The standard InChI is InChI=1S/C20H23N3O5/c1-2-9-21-10-12-22(13-11-21)17(24)8-7-16(20(27)28)23-18(25)14-5-3-4-6-15(14)19(23)26/h2-6,16H,1,7-13H2,(H,27,28)/t16-/m0/s1. The van der Waals surface area contributed by atoms with Crippen LogP contribution in [0.25, 0.3) is 0 Å². The summed E-state index contributed by atoms with van der Waals surface area (Å²) in [6, 6.07) is 4.89. The number of hydrogen-bond acceptors (Lipinski definition) is 5. The monoisotopic (exact) mass is 385 g/mol. The van der Waals surface area contributed by atoms with Crippen molar-refractivity contribution in [2.75, 3.05) is 32.7 Å². The first kappa shape index (κ1) is 19.8. The molecule has 3 amide bonds. The molecule has 0 spiro atoms. The summed E-state index contributed by atoms with van der Waals surface area (Å²) >= 11 is 0. The van der Waals surface area contributed by atoms with Crippen molar-refractivity contribution in [3.63, 3.8) is 0 Å². The Kier molecular flexibility index (Phi) is 5.89. The molecule has 2 aliphatic heterocycles. The second kappa shape index (κ2) is 8.35. The van der Waals surface area contributed by atoms with E-state index in [-0.39, 0.29) is 29.9 Å². The lowest BCUT2D eigenvalue weighted by Crippen LogP contribution is -2.49. The highest BCUT2D eigenvalue weighted by molar-refractivity contribution is 6.22. The summed E-state index contributed by atoms with van der Waals surface area (Å²) in [5.74, 6) is -2.71. The molecule has 0 unspecified atom stereocenters. The number of aliphatic carboxylic acids is 1. The Balaban J connectivity index is 1.63. The zero-order chi connectivity index (χ0) is 20.3. The highest BCUT2D eigenvalue weighted by Crippen LogP contribution is 2.26. The summed E-state index contributed by atoms with van der Waals surface area (Å²) in [7, 11) is 0. The number of carbonyl (C=O) groups excluding carboxylic acids is 3. The van der Waals surface area contributed by atoms with Gasteiger partial charge in [0.25, 0.3) is 11.8 Å². The number of rotatable bonds is 7. The van der Waals surface area contributed by atoms with E-state index < -0.39 is 23.8 Å². The number of carbonyl (C=O) groups is 4. The number of benzene rings is 1. The number of carboxylic acids is 1. The third-order valence-corrected chi connectivity index (χ3v) is 5.17. The van der Waals surface area contributed by atoms with Gasteiger partial charge in [-0.15, -0.1) is 6.58 Å². The van der Waals surface area contributed by atoms with E-state index in [2.05, 4.69) is 11.5 Å². The third-order valence-electron chi connectivity index (χ3n) is 5.17. The third kappa shape index (κ3) is 3.82. The molecular formula is C20H23N3O5. The Morgan fingerprint density at radius 3 is 2.14 bits per heavy atom. The summed E-state index contributed by atoms with van der Waals surface area (Å²) in [6.45, 7) is 7.07. The molecule has 8 nitrogen and oxygen atoms in total. The fourth-order valence-electron chi connectivity index (χ4n) is 3.63. The molecule has 0 saturated carbocycles. The molecule has 1 aromatic rings. The van der Waals surface area contributed by atoms with Crippen molar-refractivity contribution in [3.8, 4) is 0 Å². The van der Waals surface area contributed by atoms with E-state index >= 15 is 0 Å². The zero-order valence-corrected chi connectivity index (χ0v) is 15.5. The van der Waals surface area contributed by atoms with Crippen molar-refractivity contribution in [2.24, 2.45) is 0 Å². The van der Waals surface area contributed by atoms with Crippen LogP contribution in [0.15, 0.2) is 36.9 Å². The summed E-state index contributed by atoms with van der Waals surface area (Å²) in [5, 5.41) is 9.58. The van der Waals surface area contributed by atoms with E-state index in [0.717, 1.165) is 24.5 Å². The largest absolute Gasteiger partial charge is 0.480 e. The van der Waals surface area contributed by atoms with Gasteiger partial charge in [0.1, 0.15) is 6.04 Å². The molecule has 2 aliphatic rings. The van der Waals surface area contributed by atoms with Crippen LogP contribution in [0.1, 0.15) is 33.6 Å². The van der Waals surface area contributed by atoms with Crippen molar-refractivity contribution in [2.45, 2.75) is 18.9 Å². The zero-order valence-electron chi connectivity index (χ0n) is 15.5. The predicted molar refractivity (Wildman–Crippen MR) is 101 cm³/mol. The minimum Gasteiger partial charge on any atom is -0.480 e. The first-order chi connectivity index (χ1) is 13.4. The van der Waals surface area contributed by atoms with Gasteiger partial charge in [-0.1, -0.05) is 18.2 Å². The molecule has 1 N–H and O–H groups in total. The molecule has 1 saturated heterocycles. The lowest BCUT2D eigenvalue weighted by molar-refractivity contribution is -0.142. The summed E-state index contributed by atoms with van der Waals surface area (Å²) in [4.78, 5) is 53.9. The molecule has 148 valence electrons. The highest BCUT2D eigenvalue weighted by Gasteiger charge is 2.42. The molecule has 0 bridgehead atoms. The first-order valence-electron chi connectivity index (χ1n) is 9.24. The molecule has 1 fully saturated rings. The van der Waals surface area contributed by atoms with Crippen molar-refractivity contribution in [3.05, 3.63) is 48.0 Å². The molecule has 8 heteroatoms. The van der Waals surface area contributed by atoms with Crippen molar-refractivity contribution >= 4 is 23.7 Å². The van der Waals surface area contributed by atoms with Gasteiger partial charge in [-0.25, -0.2) is 4.79 Å². The molecule has 28 heavy (non-hydrogen) atoms. The van der Waals surface area contributed by atoms with E-state index in [1.165, 1.54) is 12.1 Å². The number of carboxylic acid groups (broad SMARTS) is 1. The number of fused-ring (bicyclic) bond motifs is 1. The van der Waals surface area contributed by atoms with Crippen LogP contribution in [0, 0.1) is 0 Å². The van der Waals surface area contributed by atoms with E-state index in [4.69, 9.17) is 0 Å². The van der Waals surface area contributed by atoms with Crippen LogP contribution in [-0.4, -0.2) is 82.3 Å². The first-order valence-corrected chi connectivity index (χ1v) is 9.24. The van der Waals surface area contributed by atoms with Crippen LogP contribution in [-0.2, 0) is 9.59 Å². The van der Waals surface area contributed by atoms with Crippen LogP contribution in [0.5, 0.6) is 0 Å². The van der Waals surface area contributed by atoms with Gasteiger partial charge in [0.05, 0.1) is 11.1 Å². The lowest BCUT2D eigenvalue weighted by atomic mass is 10.1. The number of hydrogen-bond donors (Lipinski definition) is 1. The van der Waals surface area contributed by atoms with Gasteiger partial charge in [-0.05, 0) is 18.6 Å². The van der Waals surface area contributed by atoms with Gasteiger partial charge < -0.3 is 10.0 Å². The second-order valence-electron chi connectivity index (χ2n) is 6.89. The van der Waals surface area contributed by atoms with Gasteiger partial charge >= 0.3 is 5.97 Å². The molecule has 1 aromatic carbocycles. The molecular weight excluding hydrogens is 362 g/mol. The van der Waals surface area contributed by atoms with Crippen LogP contribution in [0.2, 0.25) is 0 Å². The van der Waals surface area contributed by atoms with Crippen LogP contribution in [0.4, 0.5) is 0 Å². The van der Waals surface area contributed by atoms with Gasteiger partial charge in [0, 0.05) is 39.1 Å². The Morgan fingerprint density at radius 2 is 1.64 bits per heavy atom. The number of nitrogens with zero attached hydrogens (tertiary/aromatic N) is 3. The SMILES string of the molecule is C=CCN1CCN(C(=O)CC[C@@H](C(=O)O)N2C(=O)c3ccccc3C2=O)CC1.